The van der Waals surface area contributed by atoms with E-state index in [0.29, 0.717) is 5.56 Å². The zero-order valence-electron chi connectivity index (χ0n) is 13.6. The SMILES string of the molecule is C[C@H](CO)C12CC[C@@](C)(O1)[C@@H](OCc1ccccc1C(=O)O)C2. The van der Waals surface area contributed by atoms with Gasteiger partial charge in [0.05, 0.1) is 29.5 Å². The highest BCUT2D eigenvalue weighted by atomic mass is 16.6. The summed E-state index contributed by atoms with van der Waals surface area (Å²) in [5, 5.41) is 18.8. The second-order valence-electron chi connectivity index (χ2n) is 7.03. The molecule has 2 bridgehead atoms. The van der Waals surface area contributed by atoms with Crippen molar-refractivity contribution in [3.63, 3.8) is 0 Å². The van der Waals surface area contributed by atoms with E-state index in [-0.39, 0.29) is 42.0 Å². The van der Waals surface area contributed by atoms with Gasteiger partial charge in [-0.3, -0.25) is 0 Å². The van der Waals surface area contributed by atoms with E-state index < -0.39 is 5.97 Å². The maximum Gasteiger partial charge on any atom is 0.336 e. The Labute approximate surface area is 136 Å². The number of carboxylic acid groups (broad SMARTS) is 1. The van der Waals surface area contributed by atoms with E-state index in [9.17, 15) is 15.0 Å². The predicted octanol–water partition coefficient (Wildman–Crippen LogP) is 2.61. The molecule has 1 aromatic rings. The minimum absolute atomic E-state index is 0.0734. The van der Waals surface area contributed by atoms with E-state index in [0.717, 1.165) is 19.3 Å². The van der Waals surface area contributed by atoms with Gasteiger partial charge in [0.1, 0.15) is 0 Å². The molecule has 1 unspecified atom stereocenters. The number of carbonyl (C=O) groups is 1. The van der Waals surface area contributed by atoms with Crippen LogP contribution in [0.3, 0.4) is 0 Å². The summed E-state index contributed by atoms with van der Waals surface area (Å²) in [5.74, 6) is -0.866. The van der Waals surface area contributed by atoms with Crippen LogP contribution in [0.4, 0.5) is 0 Å². The molecule has 0 amide bonds. The molecule has 4 atom stereocenters. The first-order valence-corrected chi connectivity index (χ1v) is 8.14. The van der Waals surface area contributed by atoms with Crippen LogP contribution in [0, 0.1) is 5.92 Å². The second kappa shape index (κ2) is 5.89. The van der Waals surface area contributed by atoms with Gasteiger partial charge in [-0.2, -0.15) is 0 Å². The van der Waals surface area contributed by atoms with Gasteiger partial charge in [0.2, 0.25) is 0 Å². The van der Waals surface area contributed by atoms with Gasteiger partial charge in [0, 0.05) is 18.9 Å². The van der Waals surface area contributed by atoms with Gasteiger partial charge >= 0.3 is 5.97 Å². The summed E-state index contributed by atoms with van der Waals surface area (Å²) >= 11 is 0. The summed E-state index contributed by atoms with van der Waals surface area (Å²) < 4.78 is 12.3. The van der Waals surface area contributed by atoms with Crippen LogP contribution in [0.25, 0.3) is 0 Å². The number of carboxylic acids is 1. The zero-order chi connectivity index (χ0) is 16.7. The van der Waals surface area contributed by atoms with Crippen molar-refractivity contribution in [2.45, 2.75) is 57.0 Å². The number of hydrogen-bond donors (Lipinski definition) is 2. The fraction of sp³-hybridized carbons (Fsp3) is 0.611. The maximum absolute atomic E-state index is 11.3. The van der Waals surface area contributed by atoms with Crippen molar-refractivity contribution in [1.82, 2.24) is 0 Å². The molecule has 0 spiro atoms. The number of fused-ring (bicyclic) bond motifs is 2. The number of aliphatic hydroxyl groups is 1. The lowest BCUT2D eigenvalue weighted by atomic mass is 9.75. The van der Waals surface area contributed by atoms with Crippen LogP contribution in [0.5, 0.6) is 0 Å². The van der Waals surface area contributed by atoms with E-state index in [2.05, 4.69) is 6.92 Å². The summed E-state index contributed by atoms with van der Waals surface area (Å²) in [7, 11) is 0. The van der Waals surface area contributed by atoms with E-state index in [1.165, 1.54) is 0 Å². The van der Waals surface area contributed by atoms with Gasteiger partial charge < -0.3 is 19.7 Å². The summed E-state index contributed by atoms with van der Waals surface area (Å²) in [5.41, 5.74) is 0.304. The number of hydrogen-bond acceptors (Lipinski definition) is 4. The van der Waals surface area contributed by atoms with Gasteiger partial charge in [-0.25, -0.2) is 4.79 Å². The number of aliphatic hydroxyl groups excluding tert-OH is 1. The van der Waals surface area contributed by atoms with E-state index >= 15 is 0 Å². The lowest BCUT2D eigenvalue weighted by Crippen LogP contribution is -2.39. The normalized spacial score (nSPS) is 33.8. The Morgan fingerprint density at radius 1 is 1.43 bits per heavy atom. The second-order valence-corrected chi connectivity index (χ2v) is 7.03. The average Bonchev–Trinajstić information content (AvgIpc) is 3.04. The molecule has 0 saturated carbocycles. The quantitative estimate of drug-likeness (QED) is 0.842. The number of ether oxygens (including phenoxy) is 2. The molecule has 23 heavy (non-hydrogen) atoms. The highest BCUT2D eigenvalue weighted by Crippen LogP contribution is 2.55. The first kappa shape index (κ1) is 16.4. The average molecular weight is 320 g/mol. The Balaban J connectivity index is 1.72. The van der Waals surface area contributed by atoms with Crippen molar-refractivity contribution in [1.29, 1.82) is 0 Å². The van der Waals surface area contributed by atoms with Crippen molar-refractivity contribution < 1.29 is 24.5 Å². The molecule has 3 rings (SSSR count). The van der Waals surface area contributed by atoms with Crippen molar-refractivity contribution in [2.24, 2.45) is 5.92 Å². The van der Waals surface area contributed by atoms with Crippen LogP contribution >= 0.6 is 0 Å². The van der Waals surface area contributed by atoms with Crippen LogP contribution < -0.4 is 0 Å². The first-order chi connectivity index (χ1) is 10.9. The Kier molecular flexibility index (Phi) is 4.21. The number of benzene rings is 1. The number of aromatic carboxylic acids is 1. The standard InChI is InChI=1S/C18H24O5/c1-12(10-19)18-8-7-17(2,23-18)15(9-18)22-11-13-5-3-4-6-14(13)16(20)21/h3-6,12,15,19H,7-11H2,1-2H3,(H,20,21)/t12-,15+,17-,18?/m1/s1. The van der Waals surface area contributed by atoms with Crippen molar-refractivity contribution in [3.05, 3.63) is 35.4 Å². The fourth-order valence-electron chi connectivity index (χ4n) is 3.92. The molecule has 1 aromatic carbocycles. The third-order valence-electron chi connectivity index (χ3n) is 5.55. The summed E-state index contributed by atoms with van der Waals surface area (Å²) in [4.78, 5) is 11.3. The van der Waals surface area contributed by atoms with Gasteiger partial charge in [-0.1, -0.05) is 25.1 Å². The highest BCUT2D eigenvalue weighted by Gasteiger charge is 2.61. The molecule has 5 nitrogen and oxygen atoms in total. The molecule has 0 aromatic heterocycles. The van der Waals surface area contributed by atoms with E-state index in [1.807, 2.05) is 13.0 Å². The van der Waals surface area contributed by atoms with E-state index in [1.54, 1.807) is 18.2 Å². The molecule has 2 fully saturated rings. The molecule has 2 heterocycles. The third kappa shape index (κ3) is 2.77. The van der Waals surface area contributed by atoms with Crippen molar-refractivity contribution >= 4 is 5.97 Å². The minimum atomic E-state index is -0.940. The molecule has 2 aliphatic rings. The monoisotopic (exact) mass is 320 g/mol. The molecule has 2 aliphatic heterocycles. The van der Waals surface area contributed by atoms with Gasteiger partial charge in [-0.15, -0.1) is 0 Å². The molecule has 2 N–H and O–H groups in total. The maximum atomic E-state index is 11.3. The smallest absolute Gasteiger partial charge is 0.336 e. The first-order valence-electron chi connectivity index (χ1n) is 8.14. The Hall–Kier alpha value is -1.43. The molecule has 0 radical (unpaired) electrons. The zero-order valence-corrected chi connectivity index (χ0v) is 13.6. The number of rotatable bonds is 6. The molecule has 126 valence electrons. The Morgan fingerprint density at radius 3 is 2.87 bits per heavy atom. The molecule has 2 saturated heterocycles. The molecular formula is C18H24O5. The highest BCUT2D eigenvalue weighted by molar-refractivity contribution is 5.89. The molecule has 5 heteroatoms. The molecule has 0 aliphatic carbocycles. The predicted molar refractivity (Wildman–Crippen MR) is 84.3 cm³/mol. The Bertz CT molecular complexity index is 601. The third-order valence-corrected chi connectivity index (χ3v) is 5.55. The van der Waals surface area contributed by atoms with Crippen molar-refractivity contribution in [3.8, 4) is 0 Å². The summed E-state index contributed by atoms with van der Waals surface area (Å²) in [6.45, 7) is 4.42. The van der Waals surface area contributed by atoms with Crippen LogP contribution in [0.1, 0.15) is 49.0 Å². The minimum Gasteiger partial charge on any atom is -0.478 e. The lowest BCUT2D eigenvalue weighted by molar-refractivity contribution is -0.103. The summed E-state index contributed by atoms with van der Waals surface area (Å²) in [6.07, 6.45) is 2.52. The largest absolute Gasteiger partial charge is 0.478 e. The van der Waals surface area contributed by atoms with Crippen LogP contribution in [0.15, 0.2) is 24.3 Å². The summed E-state index contributed by atoms with van der Waals surface area (Å²) in [6, 6.07) is 6.91. The fourth-order valence-corrected chi connectivity index (χ4v) is 3.92. The van der Waals surface area contributed by atoms with Gasteiger partial charge in [0.25, 0.3) is 0 Å². The van der Waals surface area contributed by atoms with Crippen LogP contribution in [-0.2, 0) is 16.1 Å². The van der Waals surface area contributed by atoms with Crippen LogP contribution in [0.2, 0.25) is 0 Å². The van der Waals surface area contributed by atoms with Crippen molar-refractivity contribution in [2.75, 3.05) is 6.61 Å². The lowest BCUT2D eigenvalue weighted by Gasteiger charge is -2.32. The molecular weight excluding hydrogens is 296 g/mol. The van der Waals surface area contributed by atoms with Crippen LogP contribution in [-0.4, -0.2) is 40.1 Å². The van der Waals surface area contributed by atoms with E-state index in [4.69, 9.17) is 9.47 Å². The van der Waals surface area contributed by atoms with Gasteiger partial charge in [-0.05, 0) is 31.4 Å². The Morgan fingerprint density at radius 2 is 2.17 bits per heavy atom. The van der Waals surface area contributed by atoms with Gasteiger partial charge in [0.15, 0.2) is 0 Å². The topological polar surface area (TPSA) is 76.0 Å².